The molecule has 7 heteroatoms. The molecule has 0 aliphatic carbocycles. The number of amides is 1. The van der Waals surface area contributed by atoms with Crippen molar-refractivity contribution in [2.75, 3.05) is 13.1 Å². The van der Waals surface area contributed by atoms with Crippen LogP contribution in [0.4, 0.5) is 13.2 Å². The Bertz CT molecular complexity index is 820. The minimum Gasteiger partial charge on any atom is -0.339 e. The van der Waals surface area contributed by atoms with Gasteiger partial charge in [0.2, 0.25) is 5.91 Å². The van der Waals surface area contributed by atoms with Gasteiger partial charge in [-0.05, 0) is 31.1 Å². The summed E-state index contributed by atoms with van der Waals surface area (Å²) in [6.07, 6.45) is 1.63. The van der Waals surface area contributed by atoms with Crippen molar-refractivity contribution in [2.45, 2.75) is 24.9 Å². The van der Waals surface area contributed by atoms with Gasteiger partial charge >= 0.3 is 6.18 Å². The van der Waals surface area contributed by atoms with Gasteiger partial charge in [-0.15, -0.1) is 0 Å². The molecule has 26 heavy (non-hydrogen) atoms. The highest BCUT2D eigenvalue weighted by Crippen LogP contribution is 2.32. The zero-order valence-corrected chi connectivity index (χ0v) is 14.0. The summed E-state index contributed by atoms with van der Waals surface area (Å²) in [5.41, 5.74) is 0.717. The van der Waals surface area contributed by atoms with Gasteiger partial charge in [-0.25, -0.2) is 4.98 Å². The summed E-state index contributed by atoms with van der Waals surface area (Å²) in [7, 11) is 0. The zero-order valence-electron chi connectivity index (χ0n) is 14.0. The first kappa shape index (κ1) is 18.1. The Morgan fingerprint density at radius 3 is 2.85 bits per heavy atom. The molecule has 0 bridgehead atoms. The van der Waals surface area contributed by atoms with Crippen LogP contribution < -0.4 is 0 Å². The molecule has 1 aromatic carbocycles. The van der Waals surface area contributed by atoms with E-state index < -0.39 is 11.7 Å². The Labute approximate surface area is 149 Å². The molecule has 0 spiro atoms. The normalized spacial score (nSPS) is 17.8. The van der Waals surface area contributed by atoms with Crippen LogP contribution in [0.2, 0.25) is 0 Å². The molecule has 136 valence electrons. The number of nitrogens with zero attached hydrogens (tertiary/aromatic N) is 3. The summed E-state index contributed by atoms with van der Waals surface area (Å²) in [6, 6.07) is 5.04. The van der Waals surface area contributed by atoms with Gasteiger partial charge in [-0.1, -0.05) is 18.7 Å². The fraction of sp³-hybridized carbons (Fsp3) is 0.316. The molecule has 4 nitrogen and oxygen atoms in total. The summed E-state index contributed by atoms with van der Waals surface area (Å²) >= 11 is 0. The van der Waals surface area contributed by atoms with Crippen molar-refractivity contribution >= 4 is 5.91 Å². The lowest BCUT2D eigenvalue weighted by Crippen LogP contribution is -2.38. The predicted molar refractivity (Wildman–Crippen MR) is 91.2 cm³/mol. The number of carbonyl (C=O) groups is 1. The van der Waals surface area contributed by atoms with Crippen LogP contribution in [0.15, 0.2) is 49.3 Å². The topological polar surface area (TPSA) is 46.1 Å². The molecule has 0 saturated carbocycles. The van der Waals surface area contributed by atoms with Crippen molar-refractivity contribution in [3.8, 4) is 11.3 Å². The van der Waals surface area contributed by atoms with Crippen LogP contribution in [-0.4, -0.2) is 33.9 Å². The van der Waals surface area contributed by atoms with Gasteiger partial charge in [0.05, 0.1) is 23.1 Å². The lowest BCUT2D eigenvalue weighted by atomic mass is 9.94. The lowest BCUT2D eigenvalue weighted by Gasteiger charge is -2.31. The maximum Gasteiger partial charge on any atom is 0.416 e. The number of alkyl halides is 3. The molecule has 1 aromatic heterocycles. The Balaban J connectivity index is 1.87. The molecular weight excluding hydrogens is 343 g/mol. The fourth-order valence-corrected chi connectivity index (χ4v) is 3.12. The average molecular weight is 361 g/mol. The first-order valence-corrected chi connectivity index (χ1v) is 8.29. The van der Waals surface area contributed by atoms with Crippen molar-refractivity contribution in [1.29, 1.82) is 0 Å². The number of likely N-dealkylation sites (tertiary alicyclic amines) is 1. The van der Waals surface area contributed by atoms with Crippen LogP contribution in [0.3, 0.4) is 0 Å². The van der Waals surface area contributed by atoms with Crippen molar-refractivity contribution in [3.63, 3.8) is 0 Å². The molecule has 1 fully saturated rings. The van der Waals surface area contributed by atoms with Gasteiger partial charge in [0.15, 0.2) is 0 Å². The molecular formula is C19H18F3N3O. The van der Waals surface area contributed by atoms with E-state index in [0.717, 1.165) is 25.0 Å². The van der Waals surface area contributed by atoms with Crippen LogP contribution in [0, 0.1) is 0 Å². The number of hydrogen-bond donors (Lipinski definition) is 0. The van der Waals surface area contributed by atoms with E-state index in [1.807, 2.05) is 0 Å². The molecule has 2 heterocycles. The third-order valence-electron chi connectivity index (χ3n) is 4.46. The van der Waals surface area contributed by atoms with E-state index in [-0.39, 0.29) is 11.8 Å². The second-order valence-corrected chi connectivity index (χ2v) is 6.24. The molecule has 0 radical (unpaired) electrons. The highest BCUT2D eigenvalue weighted by atomic mass is 19.4. The quantitative estimate of drug-likeness (QED) is 0.775. The Hall–Kier alpha value is -2.70. The molecule has 1 amide bonds. The Morgan fingerprint density at radius 2 is 2.12 bits per heavy atom. The first-order valence-electron chi connectivity index (χ1n) is 8.29. The fourth-order valence-electron chi connectivity index (χ4n) is 3.12. The van der Waals surface area contributed by atoms with Crippen LogP contribution in [0.5, 0.6) is 0 Å². The second kappa shape index (κ2) is 7.27. The molecule has 1 aliphatic heterocycles. The van der Waals surface area contributed by atoms with Crippen LogP contribution in [-0.2, 0) is 11.0 Å². The van der Waals surface area contributed by atoms with Crippen molar-refractivity contribution in [1.82, 2.24) is 14.9 Å². The number of aromatic nitrogens is 2. The van der Waals surface area contributed by atoms with Crippen molar-refractivity contribution < 1.29 is 18.0 Å². The smallest absolute Gasteiger partial charge is 0.339 e. The summed E-state index contributed by atoms with van der Waals surface area (Å²) in [5.74, 6) is -0.123. The number of carbonyl (C=O) groups excluding carboxylic acids is 1. The van der Waals surface area contributed by atoms with E-state index in [2.05, 4.69) is 16.5 Å². The number of rotatable bonds is 3. The Morgan fingerprint density at radius 1 is 1.31 bits per heavy atom. The highest BCUT2D eigenvalue weighted by molar-refractivity contribution is 5.87. The highest BCUT2D eigenvalue weighted by Gasteiger charge is 2.30. The lowest BCUT2D eigenvalue weighted by molar-refractivity contribution is -0.137. The number of piperidine rings is 1. The molecule has 2 aromatic rings. The summed E-state index contributed by atoms with van der Waals surface area (Å²) in [6.45, 7) is 4.68. The third-order valence-corrected chi connectivity index (χ3v) is 4.46. The van der Waals surface area contributed by atoms with E-state index in [1.54, 1.807) is 17.2 Å². The Kier molecular flexibility index (Phi) is 5.06. The molecule has 3 rings (SSSR count). The summed E-state index contributed by atoms with van der Waals surface area (Å²) in [5, 5.41) is 0. The second-order valence-electron chi connectivity index (χ2n) is 6.24. The van der Waals surface area contributed by atoms with Crippen molar-refractivity contribution in [2.24, 2.45) is 0 Å². The van der Waals surface area contributed by atoms with Gasteiger partial charge in [-0.3, -0.25) is 9.78 Å². The van der Waals surface area contributed by atoms with Crippen molar-refractivity contribution in [3.05, 3.63) is 60.6 Å². The monoisotopic (exact) mass is 361 g/mol. The van der Waals surface area contributed by atoms with Crippen LogP contribution >= 0.6 is 0 Å². The van der Waals surface area contributed by atoms with Gasteiger partial charge in [0.25, 0.3) is 0 Å². The van der Waals surface area contributed by atoms with E-state index in [1.165, 1.54) is 18.3 Å². The summed E-state index contributed by atoms with van der Waals surface area (Å²) < 4.78 is 38.8. The van der Waals surface area contributed by atoms with Gasteiger partial charge in [-0.2, -0.15) is 13.2 Å². The van der Waals surface area contributed by atoms with E-state index in [4.69, 9.17) is 0 Å². The molecule has 1 saturated heterocycles. The van der Waals surface area contributed by atoms with Gasteiger partial charge in [0.1, 0.15) is 0 Å². The van der Waals surface area contributed by atoms with Crippen LogP contribution in [0.25, 0.3) is 11.3 Å². The minimum atomic E-state index is -4.41. The van der Waals surface area contributed by atoms with E-state index >= 15 is 0 Å². The maximum atomic E-state index is 12.9. The molecule has 1 atom stereocenters. The van der Waals surface area contributed by atoms with Gasteiger partial charge < -0.3 is 4.90 Å². The SMILES string of the molecule is C=CC(=O)N1CCCC(c2cncc(-c3cccc(C(F)(F)F)c3)n2)C1. The largest absolute Gasteiger partial charge is 0.416 e. The summed E-state index contributed by atoms with van der Waals surface area (Å²) in [4.78, 5) is 22.2. The number of halogens is 3. The molecule has 1 aliphatic rings. The molecule has 0 N–H and O–H groups in total. The standard InChI is InChI=1S/C19H18F3N3O/c1-2-18(26)25-8-4-6-14(12-25)17-11-23-10-16(24-17)13-5-3-7-15(9-13)19(20,21)22/h2-3,5,7,9-11,14H,1,4,6,8,12H2. The van der Waals surface area contributed by atoms with E-state index in [9.17, 15) is 18.0 Å². The predicted octanol–water partition coefficient (Wildman–Crippen LogP) is 4.05. The van der Waals surface area contributed by atoms with Crippen LogP contribution in [0.1, 0.15) is 30.0 Å². The number of hydrogen-bond acceptors (Lipinski definition) is 3. The minimum absolute atomic E-state index is 0.00546. The maximum absolute atomic E-state index is 12.9. The third kappa shape index (κ3) is 3.92. The number of benzene rings is 1. The zero-order chi connectivity index (χ0) is 18.7. The first-order chi connectivity index (χ1) is 12.4. The van der Waals surface area contributed by atoms with E-state index in [0.29, 0.717) is 30.0 Å². The van der Waals surface area contributed by atoms with Gasteiger partial charge in [0, 0.05) is 30.8 Å². The molecule has 1 unspecified atom stereocenters. The average Bonchev–Trinajstić information content (AvgIpc) is 2.67.